The van der Waals surface area contributed by atoms with Gasteiger partial charge >= 0.3 is 0 Å². The summed E-state index contributed by atoms with van der Waals surface area (Å²) in [5, 5.41) is 11.7. The first kappa shape index (κ1) is 13.7. The van der Waals surface area contributed by atoms with Gasteiger partial charge in [-0.2, -0.15) is 0 Å². The van der Waals surface area contributed by atoms with E-state index in [4.69, 9.17) is 0 Å². The van der Waals surface area contributed by atoms with E-state index in [2.05, 4.69) is 0 Å². The molecule has 0 amide bonds. The highest BCUT2D eigenvalue weighted by molar-refractivity contribution is 7.85. The largest absolute Gasteiger partial charge is 0.744 e. The van der Waals surface area contributed by atoms with E-state index in [-0.39, 0.29) is 10.5 Å². The van der Waals surface area contributed by atoms with Crippen LogP contribution < -0.4 is 0 Å². The van der Waals surface area contributed by atoms with E-state index in [1.807, 2.05) is 0 Å². The summed E-state index contributed by atoms with van der Waals surface area (Å²) in [6.07, 6.45) is 1.12. The quantitative estimate of drug-likeness (QED) is 0.263. The Morgan fingerprint density at radius 2 is 1.76 bits per heavy atom. The van der Waals surface area contributed by atoms with Crippen molar-refractivity contribution < 1.29 is 17.7 Å². The van der Waals surface area contributed by atoms with Crippen molar-refractivity contribution in [1.82, 2.24) is 0 Å². The molecule has 1 rings (SSSR count). The van der Waals surface area contributed by atoms with E-state index >= 15 is 0 Å². The highest BCUT2D eigenvalue weighted by atomic mass is 32.2. The highest BCUT2D eigenvalue weighted by Gasteiger charge is 2.19. The Balaban J connectivity index is 3.35. The van der Waals surface area contributed by atoms with E-state index in [1.165, 1.54) is 18.2 Å². The number of benzene rings is 1. The van der Waals surface area contributed by atoms with Crippen molar-refractivity contribution in [3.05, 3.63) is 35.0 Å². The first-order valence-electron chi connectivity index (χ1n) is 4.98. The van der Waals surface area contributed by atoms with E-state index in [0.717, 1.165) is 6.21 Å². The average Bonchev–Trinajstić information content (AvgIpc) is 2.15. The van der Waals surface area contributed by atoms with Gasteiger partial charge in [-0.05, 0) is 12.1 Å². The number of hydrogen-bond acceptors (Lipinski definition) is 4. The van der Waals surface area contributed by atoms with Gasteiger partial charge < -0.3 is 9.76 Å². The van der Waals surface area contributed by atoms with Crippen LogP contribution in [0.3, 0.4) is 0 Å². The van der Waals surface area contributed by atoms with E-state index < -0.39 is 15.7 Å². The van der Waals surface area contributed by atoms with Crippen LogP contribution in [0.5, 0.6) is 0 Å². The molecule has 0 saturated carbocycles. The summed E-state index contributed by atoms with van der Waals surface area (Å²) in [5.41, 5.74) is -0.591. The maximum absolute atomic E-state index is 11.7. The molecular weight excluding hydrogens is 242 g/mol. The third-order valence-corrected chi connectivity index (χ3v) is 3.02. The Morgan fingerprint density at radius 3 is 2.24 bits per heavy atom. The highest BCUT2D eigenvalue weighted by Crippen LogP contribution is 2.14. The predicted molar refractivity (Wildman–Crippen MR) is 63.0 cm³/mol. The summed E-state index contributed by atoms with van der Waals surface area (Å²) in [6, 6.07) is 5.61. The SMILES string of the molecule is CC(C)(C)/[N+]([O-])=C/c1ccccc1S(=O)(=O)[O-]. The number of nitrogens with zero attached hydrogens (tertiary/aromatic N) is 1. The third kappa shape index (κ3) is 3.54. The molecule has 0 aliphatic carbocycles. The molecule has 0 aliphatic heterocycles. The topological polar surface area (TPSA) is 83.3 Å². The zero-order chi connectivity index (χ0) is 13.3. The van der Waals surface area contributed by atoms with Gasteiger partial charge in [-0.15, -0.1) is 0 Å². The average molecular weight is 256 g/mol. The Labute approximate surface area is 101 Å². The zero-order valence-electron chi connectivity index (χ0n) is 9.88. The third-order valence-electron chi connectivity index (χ3n) is 2.11. The molecule has 1 aromatic carbocycles. The Bertz CT molecular complexity index is 541. The van der Waals surface area contributed by atoms with Crippen LogP contribution in [0.1, 0.15) is 26.3 Å². The molecule has 17 heavy (non-hydrogen) atoms. The second-order valence-electron chi connectivity index (χ2n) is 4.62. The van der Waals surface area contributed by atoms with Gasteiger partial charge in [0.1, 0.15) is 10.1 Å². The molecule has 0 unspecified atom stereocenters. The summed E-state index contributed by atoms with van der Waals surface area (Å²) < 4.78 is 33.6. The van der Waals surface area contributed by atoms with Gasteiger partial charge in [0, 0.05) is 20.8 Å². The van der Waals surface area contributed by atoms with Gasteiger partial charge in [-0.25, -0.2) is 13.2 Å². The van der Waals surface area contributed by atoms with Crippen molar-refractivity contribution in [3.8, 4) is 0 Å². The Hall–Kier alpha value is -1.40. The van der Waals surface area contributed by atoms with Gasteiger partial charge in [0.2, 0.25) is 0 Å². The van der Waals surface area contributed by atoms with Crippen LogP contribution in [-0.4, -0.2) is 29.5 Å². The lowest BCUT2D eigenvalue weighted by atomic mass is 10.1. The van der Waals surface area contributed by atoms with E-state index in [0.29, 0.717) is 4.74 Å². The van der Waals surface area contributed by atoms with Gasteiger partial charge in [0.05, 0.1) is 10.5 Å². The first-order valence-corrected chi connectivity index (χ1v) is 6.39. The fourth-order valence-corrected chi connectivity index (χ4v) is 1.79. The molecule has 0 spiro atoms. The summed E-state index contributed by atoms with van der Waals surface area (Å²) >= 11 is 0. The lowest BCUT2D eigenvalue weighted by molar-refractivity contribution is -0.530. The molecule has 5 nitrogen and oxygen atoms in total. The molecular formula is C11H14NO4S-. The lowest BCUT2D eigenvalue weighted by Crippen LogP contribution is -2.29. The molecule has 0 radical (unpaired) electrons. The minimum absolute atomic E-state index is 0.104. The molecule has 0 atom stereocenters. The van der Waals surface area contributed by atoms with Crippen molar-refractivity contribution in [3.63, 3.8) is 0 Å². The fraction of sp³-hybridized carbons (Fsp3) is 0.364. The van der Waals surface area contributed by atoms with Crippen molar-refractivity contribution in [2.45, 2.75) is 31.2 Å². The summed E-state index contributed by atoms with van der Waals surface area (Å²) in [7, 11) is -4.57. The van der Waals surface area contributed by atoms with Crippen LogP contribution in [0, 0.1) is 5.21 Å². The Morgan fingerprint density at radius 1 is 1.24 bits per heavy atom. The minimum Gasteiger partial charge on any atom is -0.744 e. The second-order valence-corrected chi connectivity index (χ2v) is 5.97. The molecule has 0 aliphatic rings. The van der Waals surface area contributed by atoms with Crippen LogP contribution in [0.25, 0.3) is 0 Å². The normalized spacial score (nSPS) is 13.8. The van der Waals surface area contributed by atoms with Gasteiger partial charge in [0.15, 0.2) is 11.8 Å². The van der Waals surface area contributed by atoms with Crippen LogP contribution in [-0.2, 0) is 10.1 Å². The predicted octanol–water partition coefficient (Wildman–Crippen LogP) is 1.32. The van der Waals surface area contributed by atoms with Crippen LogP contribution in [0.15, 0.2) is 29.2 Å². The molecule has 0 fully saturated rings. The lowest BCUT2D eigenvalue weighted by Gasteiger charge is -2.19. The van der Waals surface area contributed by atoms with Crippen molar-refractivity contribution >= 4 is 16.3 Å². The first-order chi connectivity index (χ1) is 7.62. The van der Waals surface area contributed by atoms with E-state index in [1.54, 1.807) is 26.8 Å². The fourth-order valence-electron chi connectivity index (χ4n) is 1.13. The van der Waals surface area contributed by atoms with E-state index in [9.17, 15) is 18.2 Å². The maximum Gasteiger partial charge on any atom is 0.183 e. The minimum atomic E-state index is -4.57. The maximum atomic E-state index is 11.7. The number of rotatable bonds is 2. The monoisotopic (exact) mass is 256 g/mol. The number of hydrogen-bond donors (Lipinski definition) is 0. The Kier molecular flexibility index (Phi) is 3.59. The van der Waals surface area contributed by atoms with Gasteiger partial charge in [0.25, 0.3) is 0 Å². The standard InChI is InChI=1S/C11H15NO4S/c1-11(2,3)12(13)8-9-6-4-5-7-10(9)17(14,15)16/h4-8H,1-3H3,(H,14,15,16)/p-1/b12-8-. The number of hydroxylamine groups is 1. The smallest absolute Gasteiger partial charge is 0.183 e. The van der Waals surface area contributed by atoms with Crippen LogP contribution in [0.4, 0.5) is 0 Å². The molecule has 0 saturated heterocycles. The van der Waals surface area contributed by atoms with Crippen molar-refractivity contribution in [2.24, 2.45) is 0 Å². The molecule has 94 valence electrons. The summed E-state index contributed by atoms with van der Waals surface area (Å²) in [5.74, 6) is 0. The van der Waals surface area contributed by atoms with Gasteiger partial charge in [-0.1, -0.05) is 12.1 Å². The summed E-state index contributed by atoms with van der Waals surface area (Å²) in [4.78, 5) is -0.384. The van der Waals surface area contributed by atoms with Crippen molar-refractivity contribution in [1.29, 1.82) is 0 Å². The molecule has 0 N–H and O–H groups in total. The van der Waals surface area contributed by atoms with Crippen LogP contribution >= 0.6 is 0 Å². The second kappa shape index (κ2) is 4.46. The molecule has 0 bridgehead atoms. The molecule has 0 heterocycles. The molecule has 1 aromatic rings. The molecule has 6 heteroatoms. The van der Waals surface area contributed by atoms with Crippen LogP contribution in [0.2, 0.25) is 0 Å². The summed E-state index contributed by atoms with van der Waals surface area (Å²) in [6.45, 7) is 5.06. The van der Waals surface area contributed by atoms with Crippen molar-refractivity contribution in [2.75, 3.05) is 0 Å². The zero-order valence-corrected chi connectivity index (χ0v) is 10.7. The van der Waals surface area contributed by atoms with Gasteiger partial charge in [-0.3, -0.25) is 0 Å². The molecule has 0 aromatic heterocycles.